The lowest BCUT2D eigenvalue weighted by Gasteiger charge is -2.04. The maximum Gasteiger partial charge on any atom is 0.0727 e. The van der Waals surface area contributed by atoms with E-state index in [0.717, 1.165) is 22.3 Å². The summed E-state index contributed by atoms with van der Waals surface area (Å²) in [5.41, 5.74) is 7.48. The minimum absolute atomic E-state index is 0.636. The van der Waals surface area contributed by atoms with Gasteiger partial charge in [0.15, 0.2) is 0 Å². The van der Waals surface area contributed by atoms with E-state index in [4.69, 9.17) is 10.5 Å². The number of anilines is 1. The SMILES string of the molecule is CCOCc1ccc(N)cc1Br. The molecule has 0 aliphatic carbocycles. The van der Waals surface area contributed by atoms with Crippen LogP contribution in [0.2, 0.25) is 0 Å². The molecule has 66 valence electrons. The van der Waals surface area contributed by atoms with Crippen molar-refractivity contribution in [1.82, 2.24) is 0 Å². The summed E-state index contributed by atoms with van der Waals surface area (Å²) >= 11 is 3.42. The van der Waals surface area contributed by atoms with Crippen molar-refractivity contribution in [2.24, 2.45) is 0 Å². The molecule has 1 rings (SSSR count). The zero-order valence-electron chi connectivity index (χ0n) is 7.01. The van der Waals surface area contributed by atoms with Crippen molar-refractivity contribution in [3.8, 4) is 0 Å². The fraction of sp³-hybridized carbons (Fsp3) is 0.333. The average molecular weight is 230 g/mol. The largest absolute Gasteiger partial charge is 0.399 e. The van der Waals surface area contributed by atoms with Crippen molar-refractivity contribution in [1.29, 1.82) is 0 Å². The predicted octanol–water partition coefficient (Wildman–Crippen LogP) is 2.57. The van der Waals surface area contributed by atoms with Crippen LogP contribution in [0.4, 0.5) is 5.69 Å². The van der Waals surface area contributed by atoms with Crippen molar-refractivity contribution in [2.75, 3.05) is 12.3 Å². The van der Waals surface area contributed by atoms with Crippen molar-refractivity contribution >= 4 is 21.6 Å². The fourth-order valence-electron chi connectivity index (χ4n) is 0.893. The zero-order valence-corrected chi connectivity index (χ0v) is 8.60. The van der Waals surface area contributed by atoms with Crippen molar-refractivity contribution in [3.63, 3.8) is 0 Å². The summed E-state index contributed by atoms with van der Waals surface area (Å²) in [7, 11) is 0. The van der Waals surface area contributed by atoms with Gasteiger partial charge in [0.1, 0.15) is 0 Å². The molecular weight excluding hydrogens is 218 g/mol. The van der Waals surface area contributed by atoms with Gasteiger partial charge in [-0.1, -0.05) is 22.0 Å². The van der Waals surface area contributed by atoms with E-state index in [1.54, 1.807) is 0 Å². The van der Waals surface area contributed by atoms with Crippen LogP contribution in [-0.2, 0) is 11.3 Å². The number of nitrogen functional groups attached to an aromatic ring is 1. The number of hydrogen-bond acceptors (Lipinski definition) is 2. The zero-order chi connectivity index (χ0) is 8.97. The average Bonchev–Trinajstić information content (AvgIpc) is 2.03. The number of hydrogen-bond donors (Lipinski definition) is 1. The Morgan fingerprint density at radius 1 is 1.50 bits per heavy atom. The van der Waals surface area contributed by atoms with Crippen LogP contribution in [0.1, 0.15) is 12.5 Å². The maximum atomic E-state index is 5.59. The molecule has 0 aromatic heterocycles. The highest BCUT2D eigenvalue weighted by atomic mass is 79.9. The Kier molecular flexibility index (Phi) is 3.56. The second-order valence-corrected chi connectivity index (χ2v) is 3.34. The number of rotatable bonds is 3. The molecule has 2 nitrogen and oxygen atoms in total. The lowest BCUT2D eigenvalue weighted by Crippen LogP contribution is -1.94. The second-order valence-electron chi connectivity index (χ2n) is 2.49. The number of halogens is 1. The molecule has 0 heterocycles. The topological polar surface area (TPSA) is 35.2 Å². The molecule has 2 N–H and O–H groups in total. The standard InChI is InChI=1S/C9H12BrNO/c1-2-12-6-7-3-4-8(11)5-9(7)10/h3-5H,2,6,11H2,1H3. The normalized spacial score (nSPS) is 10.2. The highest BCUT2D eigenvalue weighted by Crippen LogP contribution is 2.20. The molecule has 0 bridgehead atoms. The Morgan fingerprint density at radius 3 is 2.83 bits per heavy atom. The summed E-state index contributed by atoms with van der Waals surface area (Å²) < 4.78 is 6.28. The summed E-state index contributed by atoms with van der Waals surface area (Å²) in [6.07, 6.45) is 0. The second kappa shape index (κ2) is 4.48. The maximum absolute atomic E-state index is 5.59. The van der Waals surface area contributed by atoms with Gasteiger partial charge in [0, 0.05) is 16.8 Å². The highest BCUT2D eigenvalue weighted by Gasteiger charge is 1.98. The van der Waals surface area contributed by atoms with Gasteiger partial charge >= 0.3 is 0 Å². The predicted molar refractivity (Wildman–Crippen MR) is 53.9 cm³/mol. The molecular formula is C9H12BrNO. The van der Waals surface area contributed by atoms with E-state index in [2.05, 4.69) is 15.9 Å². The van der Waals surface area contributed by atoms with Crippen LogP contribution in [0.15, 0.2) is 22.7 Å². The van der Waals surface area contributed by atoms with Gasteiger partial charge in [-0.15, -0.1) is 0 Å². The number of ether oxygens (including phenoxy) is 1. The highest BCUT2D eigenvalue weighted by molar-refractivity contribution is 9.10. The minimum Gasteiger partial charge on any atom is -0.399 e. The Morgan fingerprint density at radius 2 is 2.25 bits per heavy atom. The van der Waals surface area contributed by atoms with E-state index in [-0.39, 0.29) is 0 Å². The van der Waals surface area contributed by atoms with Crippen LogP contribution in [0.3, 0.4) is 0 Å². The summed E-state index contributed by atoms with van der Waals surface area (Å²) in [4.78, 5) is 0. The minimum atomic E-state index is 0.636. The monoisotopic (exact) mass is 229 g/mol. The molecule has 0 saturated heterocycles. The molecule has 1 aromatic carbocycles. The first kappa shape index (κ1) is 9.55. The van der Waals surface area contributed by atoms with Crippen LogP contribution in [0.5, 0.6) is 0 Å². The number of benzene rings is 1. The third kappa shape index (κ3) is 2.50. The van der Waals surface area contributed by atoms with Gasteiger partial charge in [0.05, 0.1) is 6.61 Å². The molecule has 12 heavy (non-hydrogen) atoms. The molecule has 0 radical (unpaired) electrons. The quantitative estimate of drug-likeness (QED) is 0.810. The van der Waals surface area contributed by atoms with E-state index >= 15 is 0 Å². The van der Waals surface area contributed by atoms with E-state index < -0.39 is 0 Å². The van der Waals surface area contributed by atoms with Gasteiger partial charge in [0.2, 0.25) is 0 Å². The third-order valence-electron chi connectivity index (χ3n) is 1.54. The van der Waals surface area contributed by atoms with Gasteiger partial charge < -0.3 is 10.5 Å². The smallest absolute Gasteiger partial charge is 0.0727 e. The van der Waals surface area contributed by atoms with Gasteiger partial charge in [-0.3, -0.25) is 0 Å². The lowest BCUT2D eigenvalue weighted by molar-refractivity contribution is 0.133. The Bertz CT molecular complexity index is 263. The van der Waals surface area contributed by atoms with Crippen molar-refractivity contribution in [3.05, 3.63) is 28.2 Å². The van der Waals surface area contributed by atoms with Crippen LogP contribution in [0, 0.1) is 0 Å². The van der Waals surface area contributed by atoms with E-state index in [1.807, 2.05) is 25.1 Å². The molecule has 0 unspecified atom stereocenters. The van der Waals surface area contributed by atoms with Crippen LogP contribution in [-0.4, -0.2) is 6.61 Å². The first-order valence-electron chi connectivity index (χ1n) is 3.85. The van der Waals surface area contributed by atoms with Gasteiger partial charge in [-0.05, 0) is 24.6 Å². The summed E-state index contributed by atoms with van der Waals surface area (Å²) in [6, 6.07) is 5.72. The molecule has 0 aliphatic rings. The van der Waals surface area contributed by atoms with Crippen LogP contribution >= 0.6 is 15.9 Å². The van der Waals surface area contributed by atoms with E-state index in [0.29, 0.717) is 6.61 Å². The molecule has 0 saturated carbocycles. The first-order valence-corrected chi connectivity index (χ1v) is 4.65. The Hall–Kier alpha value is -0.540. The third-order valence-corrected chi connectivity index (χ3v) is 2.28. The summed E-state index contributed by atoms with van der Waals surface area (Å²) in [5, 5.41) is 0. The molecule has 0 fully saturated rings. The van der Waals surface area contributed by atoms with Crippen molar-refractivity contribution < 1.29 is 4.74 Å². The lowest BCUT2D eigenvalue weighted by atomic mass is 10.2. The number of nitrogens with two attached hydrogens (primary N) is 1. The van der Waals surface area contributed by atoms with Gasteiger partial charge in [-0.25, -0.2) is 0 Å². The van der Waals surface area contributed by atoms with Crippen molar-refractivity contribution in [2.45, 2.75) is 13.5 Å². The van der Waals surface area contributed by atoms with E-state index in [9.17, 15) is 0 Å². The van der Waals surface area contributed by atoms with E-state index in [1.165, 1.54) is 0 Å². The fourth-order valence-corrected chi connectivity index (χ4v) is 1.40. The summed E-state index contributed by atoms with van der Waals surface area (Å²) in [5.74, 6) is 0. The molecule has 0 atom stereocenters. The van der Waals surface area contributed by atoms with Crippen LogP contribution < -0.4 is 5.73 Å². The van der Waals surface area contributed by atoms with Gasteiger partial charge in [0.25, 0.3) is 0 Å². The van der Waals surface area contributed by atoms with Crippen LogP contribution in [0.25, 0.3) is 0 Å². The molecule has 0 aliphatic heterocycles. The molecule has 0 amide bonds. The molecule has 1 aromatic rings. The first-order chi connectivity index (χ1) is 5.74. The summed E-state index contributed by atoms with van der Waals surface area (Å²) in [6.45, 7) is 3.35. The molecule has 0 spiro atoms. The molecule has 3 heteroatoms. The Balaban J connectivity index is 2.72. The van der Waals surface area contributed by atoms with Gasteiger partial charge in [-0.2, -0.15) is 0 Å². The Labute approximate surface area is 80.8 Å².